The summed E-state index contributed by atoms with van der Waals surface area (Å²) in [4.78, 5) is 12.7. The fourth-order valence-electron chi connectivity index (χ4n) is 1.79. The second-order valence-electron chi connectivity index (χ2n) is 4.55. The molecule has 0 aliphatic rings. The predicted molar refractivity (Wildman–Crippen MR) is 83.7 cm³/mol. The van der Waals surface area contributed by atoms with Gasteiger partial charge in [0.25, 0.3) is 0 Å². The van der Waals surface area contributed by atoms with Crippen LogP contribution in [0.4, 0.5) is 23.1 Å². The SMILES string of the molecule is COCCCNc1ncnc(Nc2cccc(C)n2)c1N. The van der Waals surface area contributed by atoms with Crippen molar-refractivity contribution in [3.8, 4) is 0 Å². The van der Waals surface area contributed by atoms with Crippen molar-refractivity contribution in [1.29, 1.82) is 0 Å². The minimum Gasteiger partial charge on any atom is -0.393 e. The molecule has 0 spiro atoms. The monoisotopic (exact) mass is 288 g/mol. The molecule has 2 aromatic rings. The van der Waals surface area contributed by atoms with Gasteiger partial charge in [-0.05, 0) is 25.5 Å². The zero-order chi connectivity index (χ0) is 15.1. The number of methoxy groups -OCH3 is 1. The van der Waals surface area contributed by atoms with E-state index in [4.69, 9.17) is 10.5 Å². The highest BCUT2D eigenvalue weighted by molar-refractivity contribution is 5.76. The first-order valence-corrected chi connectivity index (χ1v) is 6.74. The van der Waals surface area contributed by atoms with Crippen molar-refractivity contribution in [3.05, 3.63) is 30.2 Å². The van der Waals surface area contributed by atoms with Crippen LogP contribution in [0.3, 0.4) is 0 Å². The van der Waals surface area contributed by atoms with Gasteiger partial charge in [0.1, 0.15) is 17.8 Å². The van der Waals surface area contributed by atoms with E-state index in [1.165, 1.54) is 6.33 Å². The molecule has 0 amide bonds. The van der Waals surface area contributed by atoms with Crippen LogP contribution in [0, 0.1) is 6.92 Å². The summed E-state index contributed by atoms with van der Waals surface area (Å²) in [5.41, 5.74) is 7.47. The summed E-state index contributed by atoms with van der Waals surface area (Å²) in [6.45, 7) is 3.35. The normalized spacial score (nSPS) is 10.4. The van der Waals surface area contributed by atoms with Crippen molar-refractivity contribution in [1.82, 2.24) is 15.0 Å². The standard InChI is InChI=1S/C14H20N6O/c1-10-5-3-6-11(19-10)20-14-12(15)13(17-9-18-14)16-7-4-8-21-2/h3,5-6,9H,4,7-8,15H2,1-2H3,(H2,16,17,18,19,20). The van der Waals surface area contributed by atoms with Gasteiger partial charge in [-0.25, -0.2) is 15.0 Å². The second-order valence-corrected chi connectivity index (χ2v) is 4.55. The van der Waals surface area contributed by atoms with Crippen LogP contribution in [0.1, 0.15) is 12.1 Å². The van der Waals surface area contributed by atoms with E-state index in [0.29, 0.717) is 29.7 Å². The highest BCUT2D eigenvalue weighted by Gasteiger charge is 2.08. The molecule has 7 heteroatoms. The topological polar surface area (TPSA) is 98.0 Å². The fraction of sp³-hybridized carbons (Fsp3) is 0.357. The molecule has 0 bridgehead atoms. The molecule has 0 aliphatic heterocycles. The summed E-state index contributed by atoms with van der Waals surface area (Å²) in [5, 5.41) is 6.27. The second kappa shape index (κ2) is 7.39. The Kier molecular flexibility index (Phi) is 5.28. The molecule has 112 valence electrons. The highest BCUT2D eigenvalue weighted by Crippen LogP contribution is 2.24. The first kappa shape index (κ1) is 15.0. The summed E-state index contributed by atoms with van der Waals surface area (Å²) >= 11 is 0. The van der Waals surface area contributed by atoms with Crippen LogP contribution in [0.2, 0.25) is 0 Å². The summed E-state index contributed by atoms with van der Waals surface area (Å²) in [7, 11) is 1.68. The summed E-state index contributed by atoms with van der Waals surface area (Å²) < 4.78 is 5.00. The summed E-state index contributed by atoms with van der Waals surface area (Å²) in [6.07, 6.45) is 2.34. The number of hydrogen-bond donors (Lipinski definition) is 3. The van der Waals surface area contributed by atoms with Crippen molar-refractivity contribution in [2.75, 3.05) is 36.6 Å². The van der Waals surface area contributed by atoms with Crippen LogP contribution in [0.25, 0.3) is 0 Å². The Bertz CT molecular complexity index is 589. The summed E-state index contributed by atoms with van der Waals surface area (Å²) in [5.74, 6) is 1.85. The first-order chi connectivity index (χ1) is 10.2. The number of nitrogens with two attached hydrogens (primary N) is 1. The third kappa shape index (κ3) is 4.28. The van der Waals surface area contributed by atoms with Gasteiger partial charge in [-0.2, -0.15) is 0 Å². The zero-order valence-electron chi connectivity index (χ0n) is 12.3. The third-order valence-corrected chi connectivity index (χ3v) is 2.84. The molecule has 0 unspecified atom stereocenters. The van der Waals surface area contributed by atoms with Crippen molar-refractivity contribution in [3.63, 3.8) is 0 Å². The molecule has 4 N–H and O–H groups in total. The number of nitrogens with zero attached hydrogens (tertiary/aromatic N) is 3. The van der Waals surface area contributed by atoms with E-state index in [1.807, 2.05) is 25.1 Å². The molecule has 2 aromatic heterocycles. The molecular weight excluding hydrogens is 268 g/mol. The first-order valence-electron chi connectivity index (χ1n) is 6.74. The quantitative estimate of drug-likeness (QED) is 0.670. The zero-order valence-corrected chi connectivity index (χ0v) is 12.3. The van der Waals surface area contributed by atoms with Crippen LogP contribution in [0.15, 0.2) is 24.5 Å². The molecule has 2 heterocycles. The number of anilines is 4. The van der Waals surface area contributed by atoms with E-state index in [-0.39, 0.29) is 0 Å². The van der Waals surface area contributed by atoms with Crippen LogP contribution in [-0.4, -0.2) is 35.2 Å². The van der Waals surface area contributed by atoms with Crippen molar-refractivity contribution >= 4 is 23.1 Å². The van der Waals surface area contributed by atoms with Gasteiger partial charge in [0.05, 0.1) is 0 Å². The van der Waals surface area contributed by atoms with Gasteiger partial charge >= 0.3 is 0 Å². The van der Waals surface area contributed by atoms with E-state index < -0.39 is 0 Å². The lowest BCUT2D eigenvalue weighted by Crippen LogP contribution is -2.10. The lowest BCUT2D eigenvalue weighted by Gasteiger charge is -2.12. The Labute approximate surface area is 124 Å². The van der Waals surface area contributed by atoms with E-state index in [2.05, 4.69) is 25.6 Å². The van der Waals surface area contributed by atoms with Gasteiger partial charge in [0.15, 0.2) is 11.6 Å². The molecule has 0 atom stereocenters. The number of pyridine rings is 1. The molecule has 0 saturated carbocycles. The minimum atomic E-state index is 0.471. The van der Waals surface area contributed by atoms with Crippen LogP contribution in [0.5, 0.6) is 0 Å². The Morgan fingerprint density at radius 2 is 2.05 bits per heavy atom. The largest absolute Gasteiger partial charge is 0.393 e. The van der Waals surface area contributed by atoms with Crippen molar-refractivity contribution < 1.29 is 4.74 Å². The lowest BCUT2D eigenvalue weighted by molar-refractivity contribution is 0.198. The Morgan fingerprint density at radius 1 is 1.24 bits per heavy atom. The molecule has 0 fully saturated rings. The molecule has 21 heavy (non-hydrogen) atoms. The van der Waals surface area contributed by atoms with Crippen LogP contribution in [-0.2, 0) is 4.74 Å². The maximum Gasteiger partial charge on any atom is 0.160 e. The third-order valence-electron chi connectivity index (χ3n) is 2.84. The highest BCUT2D eigenvalue weighted by atomic mass is 16.5. The number of rotatable bonds is 7. The molecule has 0 aromatic carbocycles. The van der Waals surface area contributed by atoms with Gasteiger partial charge in [-0.3, -0.25) is 0 Å². The molecule has 0 saturated heterocycles. The molecule has 0 aliphatic carbocycles. The maximum atomic E-state index is 6.07. The van der Waals surface area contributed by atoms with Gasteiger partial charge in [-0.1, -0.05) is 6.07 Å². The number of nitrogen functional groups attached to an aromatic ring is 1. The van der Waals surface area contributed by atoms with Crippen LogP contribution >= 0.6 is 0 Å². The van der Waals surface area contributed by atoms with Gasteiger partial charge in [-0.15, -0.1) is 0 Å². The molecular formula is C14H20N6O. The summed E-state index contributed by atoms with van der Waals surface area (Å²) in [6, 6.07) is 5.71. The van der Waals surface area contributed by atoms with Crippen molar-refractivity contribution in [2.24, 2.45) is 0 Å². The Balaban J connectivity index is 2.06. The smallest absolute Gasteiger partial charge is 0.160 e. The lowest BCUT2D eigenvalue weighted by atomic mass is 10.3. The maximum absolute atomic E-state index is 6.07. The van der Waals surface area contributed by atoms with E-state index in [0.717, 1.165) is 18.7 Å². The van der Waals surface area contributed by atoms with Crippen LogP contribution < -0.4 is 16.4 Å². The number of ether oxygens (including phenoxy) is 1. The van der Waals surface area contributed by atoms with Crippen molar-refractivity contribution in [2.45, 2.75) is 13.3 Å². The van der Waals surface area contributed by atoms with Gasteiger partial charge in [0.2, 0.25) is 0 Å². The van der Waals surface area contributed by atoms with E-state index >= 15 is 0 Å². The average molecular weight is 288 g/mol. The molecule has 2 rings (SSSR count). The Morgan fingerprint density at radius 3 is 2.81 bits per heavy atom. The number of aromatic nitrogens is 3. The minimum absolute atomic E-state index is 0.471. The Hall–Kier alpha value is -2.41. The number of hydrogen-bond acceptors (Lipinski definition) is 7. The van der Waals surface area contributed by atoms with E-state index in [9.17, 15) is 0 Å². The van der Waals surface area contributed by atoms with Gasteiger partial charge < -0.3 is 21.1 Å². The molecule has 0 radical (unpaired) electrons. The number of aryl methyl sites for hydroxylation is 1. The number of nitrogens with one attached hydrogen (secondary N) is 2. The average Bonchev–Trinajstić information content (AvgIpc) is 2.47. The van der Waals surface area contributed by atoms with E-state index in [1.54, 1.807) is 7.11 Å². The fourth-order valence-corrected chi connectivity index (χ4v) is 1.79. The predicted octanol–water partition coefficient (Wildman–Crippen LogP) is 1.95. The van der Waals surface area contributed by atoms with Gasteiger partial charge in [0, 0.05) is 26.0 Å². The molecule has 7 nitrogen and oxygen atoms in total.